The van der Waals surface area contributed by atoms with Gasteiger partial charge >= 0.3 is 12.1 Å². The lowest BCUT2D eigenvalue weighted by Crippen LogP contribution is -2.17. The first-order valence-electron chi connectivity index (χ1n) is 5.48. The lowest BCUT2D eigenvalue weighted by Gasteiger charge is -2.15. The van der Waals surface area contributed by atoms with E-state index in [2.05, 4.69) is 0 Å². The second-order valence-electron chi connectivity index (χ2n) is 3.79. The van der Waals surface area contributed by atoms with Gasteiger partial charge in [-0.1, -0.05) is 12.1 Å². The second-order valence-corrected chi connectivity index (χ2v) is 3.79. The molecule has 1 unspecified atom stereocenters. The highest BCUT2D eigenvalue weighted by molar-refractivity contribution is 5.74. The first kappa shape index (κ1) is 15.5. The van der Waals surface area contributed by atoms with Gasteiger partial charge in [0.2, 0.25) is 0 Å². The van der Waals surface area contributed by atoms with Crippen LogP contribution in [0, 0.1) is 0 Å². The molecule has 0 aliphatic rings. The molecule has 0 spiro atoms. The molecule has 0 aliphatic heterocycles. The Morgan fingerprint density at radius 3 is 2.58 bits per heavy atom. The van der Waals surface area contributed by atoms with Gasteiger partial charge in [0, 0.05) is 6.61 Å². The minimum absolute atomic E-state index is 0.0519. The molecule has 0 aliphatic carbocycles. The van der Waals surface area contributed by atoms with Gasteiger partial charge in [-0.3, -0.25) is 0 Å². The van der Waals surface area contributed by atoms with Gasteiger partial charge in [-0.2, -0.15) is 13.2 Å². The number of carboxylic acid groups (broad SMARTS) is 1. The summed E-state index contributed by atoms with van der Waals surface area (Å²) in [6.45, 7) is -0.237. The molecule has 4 nitrogen and oxygen atoms in total. The van der Waals surface area contributed by atoms with Gasteiger partial charge in [-0.15, -0.1) is 0 Å². The topological polar surface area (TPSA) is 66.8 Å². The number of rotatable bonds is 6. The average molecular weight is 278 g/mol. The lowest BCUT2D eigenvalue weighted by atomic mass is 10.1. The SMILES string of the molecule is O=C(O)C(OCCCO)c1cccc(C(F)(F)F)c1. The minimum Gasteiger partial charge on any atom is -0.479 e. The van der Waals surface area contributed by atoms with Crippen molar-refractivity contribution < 1.29 is 32.9 Å². The summed E-state index contributed by atoms with van der Waals surface area (Å²) in [5, 5.41) is 17.5. The van der Waals surface area contributed by atoms with Crippen LogP contribution in [-0.2, 0) is 15.7 Å². The smallest absolute Gasteiger partial charge is 0.416 e. The molecule has 0 aromatic heterocycles. The number of halogens is 3. The molecule has 19 heavy (non-hydrogen) atoms. The molecule has 0 radical (unpaired) electrons. The maximum atomic E-state index is 12.5. The molecule has 7 heteroatoms. The molecule has 0 saturated carbocycles. The van der Waals surface area contributed by atoms with Gasteiger partial charge in [0.15, 0.2) is 6.10 Å². The number of hydrogen-bond donors (Lipinski definition) is 2. The molecule has 2 N–H and O–H groups in total. The zero-order valence-electron chi connectivity index (χ0n) is 9.85. The van der Waals surface area contributed by atoms with E-state index in [4.69, 9.17) is 14.9 Å². The van der Waals surface area contributed by atoms with E-state index >= 15 is 0 Å². The maximum absolute atomic E-state index is 12.5. The fourth-order valence-corrected chi connectivity index (χ4v) is 1.45. The molecular formula is C12H13F3O4. The van der Waals surface area contributed by atoms with Crippen molar-refractivity contribution in [2.75, 3.05) is 13.2 Å². The predicted molar refractivity (Wildman–Crippen MR) is 59.5 cm³/mol. The highest BCUT2D eigenvalue weighted by Crippen LogP contribution is 2.31. The second kappa shape index (κ2) is 6.53. The summed E-state index contributed by atoms with van der Waals surface area (Å²) >= 11 is 0. The predicted octanol–water partition coefficient (Wildman–Crippen LogP) is 2.23. The average Bonchev–Trinajstić information content (AvgIpc) is 2.33. The molecule has 0 amide bonds. The highest BCUT2D eigenvalue weighted by atomic mass is 19.4. The van der Waals surface area contributed by atoms with Crippen LogP contribution in [0.2, 0.25) is 0 Å². The van der Waals surface area contributed by atoms with E-state index in [0.29, 0.717) is 0 Å². The Morgan fingerprint density at radius 2 is 2.05 bits per heavy atom. The van der Waals surface area contributed by atoms with Crippen molar-refractivity contribution in [1.29, 1.82) is 0 Å². The fraction of sp³-hybridized carbons (Fsp3) is 0.417. The fourth-order valence-electron chi connectivity index (χ4n) is 1.45. The third-order valence-corrected chi connectivity index (χ3v) is 2.33. The van der Waals surface area contributed by atoms with Gasteiger partial charge in [-0.05, 0) is 24.1 Å². The van der Waals surface area contributed by atoms with E-state index in [1.807, 2.05) is 0 Å². The van der Waals surface area contributed by atoms with E-state index in [1.54, 1.807) is 0 Å². The van der Waals surface area contributed by atoms with Crippen molar-refractivity contribution >= 4 is 5.97 Å². The van der Waals surface area contributed by atoms with Crippen molar-refractivity contribution in [2.24, 2.45) is 0 Å². The van der Waals surface area contributed by atoms with Gasteiger partial charge in [0.25, 0.3) is 0 Å². The molecule has 1 aromatic rings. The zero-order chi connectivity index (χ0) is 14.5. The van der Waals surface area contributed by atoms with Crippen LogP contribution in [0.4, 0.5) is 13.2 Å². The molecule has 1 atom stereocenters. The molecule has 0 fully saturated rings. The normalized spacial score (nSPS) is 13.3. The quantitative estimate of drug-likeness (QED) is 0.783. The van der Waals surface area contributed by atoms with Gasteiger partial charge in [0.1, 0.15) is 0 Å². The van der Waals surface area contributed by atoms with Crippen LogP contribution in [0.5, 0.6) is 0 Å². The number of aliphatic hydroxyl groups excluding tert-OH is 1. The maximum Gasteiger partial charge on any atom is 0.416 e. The number of alkyl halides is 3. The van der Waals surface area contributed by atoms with Crippen LogP contribution in [0.15, 0.2) is 24.3 Å². The van der Waals surface area contributed by atoms with E-state index in [9.17, 15) is 18.0 Å². The van der Waals surface area contributed by atoms with E-state index < -0.39 is 23.8 Å². The van der Waals surface area contributed by atoms with Crippen molar-refractivity contribution in [3.63, 3.8) is 0 Å². The van der Waals surface area contributed by atoms with Gasteiger partial charge < -0.3 is 14.9 Å². The Kier molecular flexibility index (Phi) is 5.31. The Balaban J connectivity index is 2.93. The van der Waals surface area contributed by atoms with E-state index in [-0.39, 0.29) is 25.2 Å². The standard InChI is InChI=1S/C12H13F3O4/c13-12(14,15)9-4-1-3-8(7-9)10(11(17)18)19-6-2-5-16/h1,3-4,7,10,16H,2,5-6H2,(H,17,18). The monoisotopic (exact) mass is 278 g/mol. The van der Waals surface area contributed by atoms with Crippen molar-refractivity contribution in [3.05, 3.63) is 35.4 Å². The molecule has 1 aromatic carbocycles. The van der Waals surface area contributed by atoms with Gasteiger partial charge in [0.05, 0.1) is 12.2 Å². The van der Waals surface area contributed by atoms with Crippen LogP contribution in [0.3, 0.4) is 0 Å². The van der Waals surface area contributed by atoms with Crippen molar-refractivity contribution in [2.45, 2.75) is 18.7 Å². The molecule has 106 valence electrons. The Hall–Kier alpha value is -1.60. The summed E-state index contributed by atoms with van der Waals surface area (Å²) in [5.41, 5.74) is -1.01. The largest absolute Gasteiger partial charge is 0.479 e. The Labute approximate surface area is 107 Å². The number of hydrogen-bond acceptors (Lipinski definition) is 3. The number of carbonyl (C=O) groups is 1. The molecular weight excluding hydrogens is 265 g/mol. The first-order valence-corrected chi connectivity index (χ1v) is 5.48. The molecule has 1 rings (SSSR count). The molecule has 0 bridgehead atoms. The van der Waals surface area contributed by atoms with Crippen LogP contribution in [0.1, 0.15) is 23.7 Å². The zero-order valence-corrected chi connectivity index (χ0v) is 9.85. The van der Waals surface area contributed by atoms with Crippen LogP contribution < -0.4 is 0 Å². The van der Waals surface area contributed by atoms with Crippen LogP contribution in [-0.4, -0.2) is 29.4 Å². The van der Waals surface area contributed by atoms with Gasteiger partial charge in [-0.25, -0.2) is 4.79 Å². The number of aliphatic carboxylic acids is 1. The summed E-state index contributed by atoms with van der Waals surface area (Å²) in [6, 6.07) is 3.99. The third kappa shape index (κ3) is 4.53. The van der Waals surface area contributed by atoms with E-state index in [0.717, 1.165) is 18.2 Å². The minimum atomic E-state index is -4.54. The van der Waals surface area contributed by atoms with Crippen molar-refractivity contribution in [3.8, 4) is 0 Å². The van der Waals surface area contributed by atoms with Crippen LogP contribution >= 0.6 is 0 Å². The number of ether oxygens (including phenoxy) is 1. The summed E-state index contributed by atoms with van der Waals surface area (Å²) in [4.78, 5) is 11.0. The van der Waals surface area contributed by atoms with Crippen molar-refractivity contribution in [1.82, 2.24) is 0 Å². The third-order valence-electron chi connectivity index (χ3n) is 2.33. The molecule has 0 saturated heterocycles. The number of benzene rings is 1. The highest BCUT2D eigenvalue weighted by Gasteiger charge is 2.32. The lowest BCUT2D eigenvalue weighted by molar-refractivity contribution is -0.151. The Bertz CT molecular complexity index is 431. The number of aliphatic hydroxyl groups is 1. The number of carboxylic acids is 1. The summed E-state index contributed by atoms with van der Waals surface area (Å²) < 4.78 is 42.5. The molecule has 0 heterocycles. The summed E-state index contributed by atoms with van der Waals surface area (Å²) in [7, 11) is 0. The first-order chi connectivity index (χ1) is 8.86. The van der Waals surface area contributed by atoms with E-state index in [1.165, 1.54) is 6.07 Å². The summed E-state index contributed by atoms with van der Waals surface area (Å²) in [6.07, 6.45) is -5.80. The van der Waals surface area contributed by atoms with Crippen LogP contribution in [0.25, 0.3) is 0 Å². The Morgan fingerprint density at radius 1 is 1.37 bits per heavy atom. The summed E-state index contributed by atoms with van der Waals surface area (Å²) in [5.74, 6) is -1.38.